The molecule has 1 heterocycles. The molecule has 0 bridgehead atoms. The maximum absolute atomic E-state index is 12.3. The molecule has 3 rings (SSSR count). The first-order valence-corrected chi connectivity index (χ1v) is 7.97. The molecule has 3 N–H and O–H groups in total. The fraction of sp³-hybridized carbons (Fsp3) is 0.105. The number of fused-ring (bicyclic) bond motifs is 1. The Kier molecular flexibility index (Phi) is 4.89. The lowest BCUT2D eigenvalue weighted by Crippen LogP contribution is -2.28. The van der Waals surface area contributed by atoms with Gasteiger partial charge in [-0.3, -0.25) is 10.1 Å². The van der Waals surface area contributed by atoms with Crippen molar-refractivity contribution in [2.45, 2.75) is 6.92 Å². The van der Waals surface area contributed by atoms with Crippen LogP contribution in [0.5, 0.6) is 0 Å². The summed E-state index contributed by atoms with van der Waals surface area (Å²) in [6.45, 7) is 2.38. The number of nitrogens with zero attached hydrogens (tertiary/aromatic N) is 1. The summed E-state index contributed by atoms with van der Waals surface area (Å²) in [7, 11) is 0. The molecular formula is C19H18N4O2. The second-order valence-corrected chi connectivity index (χ2v) is 5.40. The molecule has 0 aliphatic heterocycles. The van der Waals surface area contributed by atoms with Crippen molar-refractivity contribution >= 4 is 34.2 Å². The number of urea groups is 1. The van der Waals surface area contributed by atoms with Crippen LogP contribution < -0.4 is 16.0 Å². The third-order valence-corrected chi connectivity index (χ3v) is 3.63. The van der Waals surface area contributed by atoms with E-state index in [2.05, 4.69) is 20.9 Å². The first-order valence-electron chi connectivity index (χ1n) is 7.97. The molecule has 0 spiro atoms. The maximum Gasteiger partial charge on any atom is 0.320 e. The van der Waals surface area contributed by atoms with E-state index < -0.39 is 0 Å². The molecule has 3 amide bonds. The van der Waals surface area contributed by atoms with Crippen LogP contribution >= 0.6 is 0 Å². The standard InChI is InChI=1S/C19H18N4O2/c1-2-20-19(25)23-17-11-14-9-6-10-16(15(14)12-21-17)22-18(24)13-7-4-3-5-8-13/h3-12H,2H2,1H3,(H,22,24)(H2,20,21,23,25). The summed E-state index contributed by atoms with van der Waals surface area (Å²) >= 11 is 0. The molecule has 0 fully saturated rings. The predicted molar refractivity (Wildman–Crippen MR) is 98.8 cm³/mol. The highest BCUT2D eigenvalue weighted by atomic mass is 16.2. The maximum atomic E-state index is 12.3. The Morgan fingerprint density at radius 1 is 1.00 bits per heavy atom. The lowest BCUT2D eigenvalue weighted by atomic mass is 10.1. The van der Waals surface area contributed by atoms with Crippen molar-refractivity contribution in [3.05, 3.63) is 66.4 Å². The zero-order valence-electron chi connectivity index (χ0n) is 13.7. The summed E-state index contributed by atoms with van der Waals surface area (Å²) < 4.78 is 0. The van der Waals surface area contributed by atoms with Gasteiger partial charge in [0.05, 0.1) is 5.69 Å². The van der Waals surface area contributed by atoms with E-state index in [9.17, 15) is 9.59 Å². The van der Waals surface area contributed by atoms with Crippen molar-refractivity contribution in [1.82, 2.24) is 10.3 Å². The van der Waals surface area contributed by atoms with E-state index >= 15 is 0 Å². The van der Waals surface area contributed by atoms with Crippen LogP contribution in [0.2, 0.25) is 0 Å². The van der Waals surface area contributed by atoms with Crippen LogP contribution in [0.1, 0.15) is 17.3 Å². The number of benzene rings is 2. The molecule has 6 heteroatoms. The third kappa shape index (κ3) is 3.92. The van der Waals surface area contributed by atoms with Gasteiger partial charge in [-0.05, 0) is 36.6 Å². The van der Waals surface area contributed by atoms with Gasteiger partial charge in [-0.25, -0.2) is 9.78 Å². The van der Waals surface area contributed by atoms with Crippen LogP contribution in [-0.4, -0.2) is 23.5 Å². The van der Waals surface area contributed by atoms with E-state index in [1.807, 2.05) is 43.3 Å². The number of amides is 3. The average Bonchev–Trinajstić information content (AvgIpc) is 2.62. The molecule has 126 valence electrons. The third-order valence-electron chi connectivity index (χ3n) is 3.63. The molecular weight excluding hydrogens is 316 g/mol. The lowest BCUT2D eigenvalue weighted by Gasteiger charge is -2.10. The van der Waals surface area contributed by atoms with Crippen molar-refractivity contribution in [3.63, 3.8) is 0 Å². The number of pyridine rings is 1. The van der Waals surface area contributed by atoms with E-state index in [1.165, 1.54) is 0 Å². The summed E-state index contributed by atoms with van der Waals surface area (Å²) in [6.07, 6.45) is 1.64. The fourth-order valence-electron chi connectivity index (χ4n) is 2.45. The molecule has 0 aliphatic carbocycles. The van der Waals surface area contributed by atoms with E-state index in [0.29, 0.717) is 23.6 Å². The highest BCUT2D eigenvalue weighted by molar-refractivity contribution is 6.09. The quantitative estimate of drug-likeness (QED) is 0.681. The molecule has 0 aliphatic rings. The largest absolute Gasteiger partial charge is 0.338 e. The number of hydrogen-bond donors (Lipinski definition) is 3. The van der Waals surface area contributed by atoms with Crippen LogP contribution in [0.25, 0.3) is 10.8 Å². The van der Waals surface area contributed by atoms with Gasteiger partial charge in [0.2, 0.25) is 0 Å². The zero-order valence-corrected chi connectivity index (χ0v) is 13.7. The SMILES string of the molecule is CCNC(=O)Nc1cc2cccc(NC(=O)c3ccccc3)c2cn1. The first-order chi connectivity index (χ1) is 12.2. The molecule has 0 atom stereocenters. The van der Waals surface area contributed by atoms with Crippen molar-refractivity contribution < 1.29 is 9.59 Å². The Bertz CT molecular complexity index is 910. The molecule has 2 aromatic carbocycles. The molecule has 6 nitrogen and oxygen atoms in total. The number of carbonyl (C=O) groups is 2. The molecule has 0 saturated carbocycles. The van der Waals surface area contributed by atoms with Gasteiger partial charge in [-0.2, -0.15) is 0 Å². The minimum absolute atomic E-state index is 0.183. The second-order valence-electron chi connectivity index (χ2n) is 5.40. The Labute approximate surface area is 145 Å². The summed E-state index contributed by atoms with van der Waals surface area (Å²) in [5.74, 6) is 0.266. The van der Waals surface area contributed by atoms with E-state index in [1.54, 1.807) is 24.4 Å². The Morgan fingerprint density at radius 2 is 1.80 bits per heavy atom. The lowest BCUT2D eigenvalue weighted by molar-refractivity contribution is 0.102. The average molecular weight is 334 g/mol. The number of anilines is 2. The van der Waals surface area contributed by atoms with Crippen LogP contribution in [0.4, 0.5) is 16.3 Å². The topological polar surface area (TPSA) is 83.1 Å². The van der Waals surface area contributed by atoms with Gasteiger partial charge in [0, 0.05) is 23.7 Å². The van der Waals surface area contributed by atoms with Gasteiger partial charge in [-0.15, -0.1) is 0 Å². The molecule has 25 heavy (non-hydrogen) atoms. The summed E-state index contributed by atoms with van der Waals surface area (Å²) in [5, 5.41) is 9.89. The van der Waals surface area contributed by atoms with Crippen LogP contribution in [0, 0.1) is 0 Å². The fourth-order valence-corrected chi connectivity index (χ4v) is 2.45. The number of hydrogen-bond acceptors (Lipinski definition) is 3. The second kappa shape index (κ2) is 7.44. The first kappa shape index (κ1) is 16.4. The minimum Gasteiger partial charge on any atom is -0.338 e. The number of aromatic nitrogens is 1. The van der Waals surface area contributed by atoms with Gasteiger partial charge in [-0.1, -0.05) is 30.3 Å². The normalized spacial score (nSPS) is 10.3. The summed E-state index contributed by atoms with van der Waals surface area (Å²) in [5.41, 5.74) is 1.25. The monoisotopic (exact) mass is 334 g/mol. The van der Waals surface area contributed by atoms with Gasteiger partial charge in [0.15, 0.2) is 0 Å². The summed E-state index contributed by atoms with van der Waals surface area (Å²) in [4.78, 5) is 28.2. The van der Waals surface area contributed by atoms with E-state index in [0.717, 1.165) is 10.8 Å². The molecule has 1 aromatic heterocycles. The van der Waals surface area contributed by atoms with Crippen LogP contribution in [0.15, 0.2) is 60.8 Å². The Morgan fingerprint density at radius 3 is 2.56 bits per heavy atom. The smallest absolute Gasteiger partial charge is 0.320 e. The van der Waals surface area contributed by atoms with Crippen LogP contribution in [0.3, 0.4) is 0 Å². The minimum atomic E-state index is -0.303. The molecule has 0 radical (unpaired) electrons. The Balaban J connectivity index is 1.85. The van der Waals surface area contributed by atoms with Crippen molar-refractivity contribution in [3.8, 4) is 0 Å². The van der Waals surface area contributed by atoms with Gasteiger partial charge in [0.1, 0.15) is 5.82 Å². The van der Waals surface area contributed by atoms with Gasteiger partial charge < -0.3 is 10.6 Å². The van der Waals surface area contributed by atoms with Crippen molar-refractivity contribution in [1.29, 1.82) is 0 Å². The Hall–Kier alpha value is -3.41. The van der Waals surface area contributed by atoms with Crippen molar-refractivity contribution in [2.75, 3.05) is 17.2 Å². The zero-order chi connectivity index (χ0) is 17.6. The van der Waals surface area contributed by atoms with E-state index in [-0.39, 0.29) is 11.9 Å². The number of rotatable bonds is 4. The molecule has 0 unspecified atom stereocenters. The number of nitrogens with one attached hydrogen (secondary N) is 3. The predicted octanol–water partition coefficient (Wildman–Crippen LogP) is 3.63. The highest BCUT2D eigenvalue weighted by Crippen LogP contribution is 2.25. The van der Waals surface area contributed by atoms with Crippen molar-refractivity contribution in [2.24, 2.45) is 0 Å². The summed E-state index contributed by atoms with van der Waals surface area (Å²) in [6, 6.07) is 16.0. The number of carbonyl (C=O) groups excluding carboxylic acids is 2. The van der Waals surface area contributed by atoms with Crippen LogP contribution in [-0.2, 0) is 0 Å². The van der Waals surface area contributed by atoms with Gasteiger partial charge in [0.25, 0.3) is 5.91 Å². The molecule has 0 saturated heterocycles. The highest BCUT2D eigenvalue weighted by Gasteiger charge is 2.09. The molecule has 3 aromatic rings. The van der Waals surface area contributed by atoms with E-state index in [4.69, 9.17) is 0 Å². The van der Waals surface area contributed by atoms with Gasteiger partial charge >= 0.3 is 6.03 Å².